The molecule has 1 aliphatic rings. The average molecular weight is 457 g/mol. The maximum atomic E-state index is 12.5. The van der Waals surface area contributed by atoms with Crippen LogP contribution in [0.25, 0.3) is 10.2 Å². The zero-order valence-electron chi connectivity index (χ0n) is 17.4. The second-order valence-corrected chi connectivity index (χ2v) is 8.81. The first-order chi connectivity index (χ1) is 15.0. The van der Waals surface area contributed by atoms with Gasteiger partial charge in [0.15, 0.2) is 10.2 Å². The lowest BCUT2D eigenvalue weighted by Crippen LogP contribution is -2.36. The van der Waals surface area contributed by atoms with E-state index in [0.717, 1.165) is 48.0 Å². The van der Waals surface area contributed by atoms with Crippen molar-refractivity contribution in [2.45, 2.75) is 20.0 Å². The molecule has 0 unspecified atom stereocenters. The van der Waals surface area contributed by atoms with Gasteiger partial charge >= 0.3 is 0 Å². The molecule has 0 atom stereocenters. The molecule has 2 heterocycles. The van der Waals surface area contributed by atoms with Crippen LogP contribution in [0.2, 0.25) is 0 Å². The van der Waals surface area contributed by atoms with Gasteiger partial charge in [-0.1, -0.05) is 11.3 Å². The lowest BCUT2D eigenvalue weighted by molar-refractivity contribution is 0.0977. The molecule has 4 rings (SSSR count). The molecule has 162 valence electrons. The number of carbonyl (C=O) groups is 1. The van der Waals surface area contributed by atoms with E-state index in [1.807, 2.05) is 19.9 Å². The minimum atomic E-state index is -0.288. The van der Waals surface area contributed by atoms with Crippen molar-refractivity contribution >= 4 is 55.6 Å². The summed E-state index contributed by atoms with van der Waals surface area (Å²) in [6.07, 6.45) is 0.0789. The van der Waals surface area contributed by atoms with Crippen molar-refractivity contribution in [2.75, 3.05) is 36.5 Å². The van der Waals surface area contributed by atoms with Gasteiger partial charge in [0.25, 0.3) is 5.91 Å². The van der Waals surface area contributed by atoms with E-state index in [1.54, 1.807) is 24.3 Å². The summed E-state index contributed by atoms with van der Waals surface area (Å²) in [5, 5.41) is 6.56. The molecule has 1 aliphatic heterocycles. The minimum Gasteiger partial charge on any atom is -0.491 e. The van der Waals surface area contributed by atoms with Crippen molar-refractivity contribution in [1.82, 2.24) is 10.3 Å². The number of rotatable bonds is 5. The number of amides is 1. The predicted molar refractivity (Wildman–Crippen MR) is 129 cm³/mol. The van der Waals surface area contributed by atoms with Gasteiger partial charge in [0.2, 0.25) is 0 Å². The summed E-state index contributed by atoms with van der Waals surface area (Å²) in [4.78, 5) is 19.3. The van der Waals surface area contributed by atoms with E-state index in [1.165, 1.54) is 11.3 Å². The number of morpholine rings is 1. The number of nitrogens with one attached hydrogen (secondary N) is 2. The van der Waals surface area contributed by atoms with Gasteiger partial charge < -0.3 is 19.7 Å². The molecule has 0 saturated carbocycles. The van der Waals surface area contributed by atoms with Crippen LogP contribution in [0.15, 0.2) is 42.5 Å². The summed E-state index contributed by atoms with van der Waals surface area (Å²) in [7, 11) is 0. The van der Waals surface area contributed by atoms with E-state index in [2.05, 4.69) is 32.7 Å². The van der Waals surface area contributed by atoms with E-state index >= 15 is 0 Å². The lowest BCUT2D eigenvalue weighted by Gasteiger charge is -2.28. The van der Waals surface area contributed by atoms with Gasteiger partial charge in [-0.05, 0) is 68.5 Å². The van der Waals surface area contributed by atoms with Gasteiger partial charge in [-0.25, -0.2) is 4.98 Å². The Morgan fingerprint density at radius 2 is 1.94 bits per heavy atom. The molecular formula is C22H24N4O3S2. The highest BCUT2D eigenvalue weighted by Gasteiger charge is 2.14. The molecule has 0 spiro atoms. The highest BCUT2D eigenvalue weighted by atomic mass is 32.1. The van der Waals surface area contributed by atoms with Crippen molar-refractivity contribution in [3.05, 3.63) is 48.0 Å². The largest absolute Gasteiger partial charge is 0.491 e. The Balaban J connectivity index is 1.38. The third kappa shape index (κ3) is 5.49. The van der Waals surface area contributed by atoms with Gasteiger partial charge in [-0.15, -0.1) is 0 Å². The number of hydrogen-bond donors (Lipinski definition) is 2. The summed E-state index contributed by atoms with van der Waals surface area (Å²) in [5.74, 6) is 0.433. The monoisotopic (exact) mass is 456 g/mol. The first-order valence-electron chi connectivity index (χ1n) is 10.1. The number of anilines is 2. The Labute approximate surface area is 190 Å². The molecular weight excluding hydrogens is 432 g/mol. The zero-order chi connectivity index (χ0) is 21.8. The molecule has 2 aromatic carbocycles. The zero-order valence-corrected chi connectivity index (χ0v) is 19.0. The summed E-state index contributed by atoms with van der Waals surface area (Å²) >= 11 is 6.80. The van der Waals surface area contributed by atoms with Crippen LogP contribution in [0.1, 0.15) is 24.2 Å². The first-order valence-corrected chi connectivity index (χ1v) is 11.3. The molecule has 1 fully saturated rings. The Hall–Kier alpha value is -2.75. The SMILES string of the molecule is CC(C)Oc1ccc(C(=O)NC(=S)Nc2nc3ccc(N4CCOCC4)cc3s2)cc1. The molecule has 7 nitrogen and oxygen atoms in total. The standard InChI is InChI=1S/C22H24N4O3S2/c1-14(2)29-17-6-3-15(4-7-17)20(27)24-21(30)25-22-23-18-8-5-16(13-19(18)31-22)26-9-11-28-12-10-26/h3-8,13-14H,9-12H2,1-2H3,(H2,23,24,25,27,30). The van der Waals surface area contributed by atoms with Crippen molar-refractivity contribution < 1.29 is 14.3 Å². The fraction of sp³-hybridized carbons (Fsp3) is 0.318. The predicted octanol–water partition coefficient (Wildman–Crippen LogP) is 4.05. The molecule has 1 aromatic heterocycles. The van der Waals surface area contributed by atoms with Crippen molar-refractivity contribution in [1.29, 1.82) is 0 Å². The third-order valence-corrected chi connectivity index (χ3v) is 5.82. The molecule has 1 amide bonds. The number of nitrogens with zero attached hydrogens (tertiary/aromatic N) is 2. The van der Waals surface area contributed by atoms with Gasteiger partial charge in [0, 0.05) is 24.3 Å². The van der Waals surface area contributed by atoms with Crippen LogP contribution in [0, 0.1) is 0 Å². The van der Waals surface area contributed by atoms with E-state index < -0.39 is 0 Å². The third-order valence-electron chi connectivity index (χ3n) is 4.68. The molecule has 9 heteroatoms. The number of hydrogen-bond acceptors (Lipinski definition) is 7. The lowest BCUT2D eigenvalue weighted by atomic mass is 10.2. The normalized spacial score (nSPS) is 14.0. The first kappa shape index (κ1) is 21.5. The van der Waals surface area contributed by atoms with Crippen LogP contribution in [0.4, 0.5) is 10.8 Å². The smallest absolute Gasteiger partial charge is 0.257 e. The number of thiocarbonyl (C=S) groups is 1. The van der Waals surface area contributed by atoms with Crippen LogP contribution >= 0.6 is 23.6 Å². The summed E-state index contributed by atoms with van der Waals surface area (Å²) in [6.45, 7) is 7.17. The number of carbonyl (C=O) groups excluding carboxylic acids is 1. The maximum Gasteiger partial charge on any atom is 0.257 e. The van der Waals surface area contributed by atoms with Gasteiger partial charge in [-0.2, -0.15) is 0 Å². The van der Waals surface area contributed by atoms with Crippen LogP contribution in [0.5, 0.6) is 5.75 Å². The molecule has 31 heavy (non-hydrogen) atoms. The van der Waals surface area contributed by atoms with Crippen molar-refractivity contribution in [3.8, 4) is 5.75 Å². The van der Waals surface area contributed by atoms with Crippen LogP contribution < -0.4 is 20.3 Å². The Bertz CT molecular complexity index is 1080. The Kier molecular flexibility index (Phi) is 6.64. The molecule has 2 N–H and O–H groups in total. The maximum absolute atomic E-state index is 12.5. The van der Waals surface area contributed by atoms with Crippen LogP contribution in [0.3, 0.4) is 0 Å². The van der Waals surface area contributed by atoms with Crippen molar-refractivity contribution in [3.63, 3.8) is 0 Å². The molecule has 0 aliphatic carbocycles. The van der Waals surface area contributed by atoms with E-state index in [0.29, 0.717) is 10.7 Å². The fourth-order valence-electron chi connectivity index (χ4n) is 3.25. The van der Waals surface area contributed by atoms with E-state index in [-0.39, 0.29) is 17.1 Å². The summed E-state index contributed by atoms with van der Waals surface area (Å²) in [6, 6.07) is 13.2. The minimum absolute atomic E-state index is 0.0789. The second-order valence-electron chi connectivity index (χ2n) is 7.37. The van der Waals surface area contributed by atoms with Crippen molar-refractivity contribution in [2.24, 2.45) is 0 Å². The van der Waals surface area contributed by atoms with Crippen LogP contribution in [-0.4, -0.2) is 48.4 Å². The quantitative estimate of drug-likeness (QED) is 0.561. The average Bonchev–Trinajstić information content (AvgIpc) is 3.15. The number of thiazole rings is 1. The molecule has 1 saturated heterocycles. The summed E-state index contributed by atoms with van der Waals surface area (Å²) < 4.78 is 12.1. The molecule has 0 bridgehead atoms. The van der Waals surface area contributed by atoms with Crippen LogP contribution in [-0.2, 0) is 4.74 Å². The van der Waals surface area contributed by atoms with Gasteiger partial charge in [0.1, 0.15) is 5.75 Å². The highest BCUT2D eigenvalue weighted by molar-refractivity contribution is 7.80. The Morgan fingerprint density at radius 1 is 1.19 bits per heavy atom. The number of aromatic nitrogens is 1. The van der Waals surface area contributed by atoms with Gasteiger partial charge in [0.05, 0.1) is 29.5 Å². The van der Waals surface area contributed by atoms with E-state index in [4.69, 9.17) is 21.7 Å². The number of benzene rings is 2. The highest BCUT2D eigenvalue weighted by Crippen LogP contribution is 2.30. The molecule has 3 aromatic rings. The fourth-order valence-corrected chi connectivity index (χ4v) is 4.40. The number of ether oxygens (including phenoxy) is 2. The topological polar surface area (TPSA) is 75.7 Å². The summed E-state index contributed by atoms with van der Waals surface area (Å²) in [5.41, 5.74) is 2.55. The Morgan fingerprint density at radius 3 is 2.65 bits per heavy atom. The number of fused-ring (bicyclic) bond motifs is 1. The van der Waals surface area contributed by atoms with Gasteiger partial charge in [-0.3, -0.25) is 10.1 Å². The second kappa shape index (κ2) is 9.59. The van der Waals surface area contributed by atoms with E-state index in [9.17, 15) is 4.79 Å². The molecule has 0 radical (unpaired) electrons.